The first-order valence-corrected chi connectivity index (χ1v) is 9.12. The Balaban J connectivity index is 1.53. The average molecular weight is 394 g/mol. The lowest BCUT2D eigenvalue weighted by Crippen LogP contribution is -2.06. The number of nitrogens with one attached hydrogen (secondary N) is 1. The molecule has 0 spiro atoms. The highest BCUT2D eigenvalue weighted by atomic mass is 19.1. The summed E-state index contributed by atoms with van der Waals surface area (Å²) >= 11 is 0. The summed E-state index contributed by atoms with van der Waals surface area (Å²) in [6, 6.07) is 19.6. The predicted octanol–water partition coefficient (Wildman–Crippen LogP) is 4.55. The van der Waals surface area contributed by atoms with E-state index in [-0.39, 0.29) is 5.82 Å². The highest BCUT2D eigenvalue weighted by Crippen LogP contribution is 2.27. The van der Waals surface area contributed by atoms with Crippen LogP contribution in [0.5, 0.6) is 17.2 Å². The van der Waals surface area contributed by atoms with Gasteiger partial charge in [0.1, 0.15) is 18.2 Å². The Kier molecular flexibility index (Phi) is 7.05. The molecular weight excluding hydrogens is 371 g/mol. The van der Waals surface area contributed by atoms with E-state index < -0.39 is 0 Å². The first-order valence-electron chi connectivity index (χ1n) is 9.12. The van der Waals surface area contributed by atoms with Gasteiger partial charge < -0.3 is 19.6 Å². The average Bonchev–Trinajstić information content (AvgIpc) is 2.76. The molecule has 0 aliphatic carbocycles. The first kappa shape index (κ1) is 20.2. The van der Waals surface area contributed by atoms with Gasteiger partial charge in [0.05, 0.1) is 27.0 Å². The number of halogens is 1. The summed E-state index contributed by atoms with van der Waals surface area (Å²) in [6.07, 6.45) is 1.73. The number of hydrogen-bond acceptors (Lipinski definition) is 5. The summed E-state index contributed by atoms with van der Waals surface area (Å²) in [5.74, 6) is 1.84. The SMILES string of the molecule is COc1ccc(CN/N=C/c2cccc(OCc3ccc(F)cc3)c2)cc1OC. The summed E-state index contributed by atoms with van der Waals surface area (Å²) in [5.41, 5.74) is 5.85. The van der Waals surface area contributed by atoms with Crippen LogP contribution < -0.4 is 19.6 Å². The van der Waals surface area contributed by atoms with Crippen molar-refractivity contribution in [1.29, 1.82) is 0 Å². The molecule has 0 heterocycles. The Morgan fingerprint density at radius 1 is 0.897 bits per heavy atom. The third-order valence-electron chi connectivity index (χ3n) is 4.21. The molecule has 3 aromatic carbocycles. The largest absolute Gasteiger partial charge is 0.493 e. The van der Waals surface area contributed by atoms with Gasteiger partial charge in [-0.15, -0.1) is 0 Å². The van der Waals surface area contributed by atoms with Gasteiger partial charge in [-0.2, -0.15) is 5.10 Å². The minimum absolute atomic E-state index is 0.257. The Morgan fingerprint density at radius 2 is 1.66 bits per heavy atom. The molecule has 0 aromatic heterocycles. The van der Waals surface area contributed by atoms with Crippen LogP contribution in [0.1, 0.15) is 16.7 Å². The maximum atomic E-state index is 13.0. The smallest absolute Gasteiger partial charge is 0.161 e. The highest BCUT2D eigenvalue weighted by Gasteiger charge is 2.04. The molecule has 0 aliphatic heterocycles. The van der Waals surface area contributed by atoms with Gasteiger partial charge in [0.15, 0.2) is 11.5 Å². The topological polar surface area (TPSA) is 52.1 Å². The molecule has 3 aromatic rings. The number of hydrazone groups is 1. The van der Waals surface area contributed by atoms with Gasteiger partial charge in [0.2, 0.25) is 0 Å². The number of rotatable bonds is 9. The Hall–Kier alpha value is -3.54. The van der Waals surface area contributed by atoms with Gasteiger partial charge in [-0.05, 0) is 53.1 Å². The minimum Gasteiger partial charge on any atom is -0.493 e. The second kappa shape index (κ2) is 10.1. The van der Waals surface area contributed by atoms with Crippen LogP contribution in [0.2, 0.25) is 0 Å². The summed E-state index contributed by atoms with van der Waals surface area (Å²) in [4.78, 5) is 0. The Morgan fingerprint density at radius 3 is 2.41 bits per heavy atom. The fourth-order valence-electron chi connectivity index (χ4n) is 2.68. The van der Waals surface area contributed by atoms with Crippen molar-refractivity contribution in [1.82, 2.24) is 5.43 Å². The van der Waals surface area contributed by atoms with Crippen LogP contribution in [0.15, 0.2) is 71.8 Å². The molecular formula is C23H23FN2O3. The Bertz CT molecular complexity index is 959. The van der Waals surface area contributed by atoms with E-state index in [1.807, 2.05) is 42.5 Å². The van der Waals surface area contributed by atoms with E-state index in [0.29, 0.717) is 24.7 Å². The lowest BCUT2D eigenvalue weighted by Gasteiger charge is -2.09. The second-order valence-electron chi connectivity index (χ2n) is 6.27. The van der Waals surface area contributed by atoms with Gasteiger partial charge in [-0.25, -0.2) is 4.39 Å². The fourth-order valence-corrected chi connectivity index (χ4v) is 2.68. The number of methoxy groups -OCH3 is 2. The molecule has 3 rings (SSSR count). The zero-order chi connectivity index (χ0) is 20.5. The standard InChI is InChI=1S/C23H23FN2O3/c1-27-22-11-8-19(13-23(22)28-2)15-26-25-14-18-4-3-5-21(12-18)29-16-17-6-9-20(24)10-7-17/h3-14,26H,15-16H2,1-2H3/b25-14+. The third-order valence-corrected chi connectivity index (χ3v) is 4.21. The fraction of sp³-hybridized carbons (Fsp3) is 0.174. The van der Waals surface area contributed by atoms with Crippen LogP contribution in [0.25, 0.3) is 0 Å². The quantitative estimate of drug-likeness (QED) is 0.427. The van der Waals surface area contributed by atoms with Gasteiger partial charge in [0.25, 0.3) is 0 Å². The Labute approximate surface area is 169 Å². The van der Waals surface area contributed by atoms with Gasteiger partial charge in [0, 0.05) is 0 Å². The lowest BCUT2D eigenvalue weighted by atomic mass is 10.2. The van der Waals surface area contributed by atoms with Crippen molar-refractivity contribution in [3.63, 3.8) is 0 Å². The van der Waals surface area contributed by atoms with Gasteiger partial charge in [-0.1, -0.05) is 30.3 Å². The molecule has 1 N–H and O–H groups in total. The molecule has 150 valence electrons. The van der Waals surface area contributed by atoms with Crippen LogP contribution in [0.4, 0.5) is 4.39 Å². The molecule has 0 bridgehead atoms. The van der Waals surface area contributed by atoms with E-state index in [9.17, 15) is 4.39 Å². The lowest BCUT2D eigenvalue weighted by molar-refractivity contribution is 0.306. The number of hydrogen-bond donors (Lipinski definition) is 1. The van der Waals surface area contributed by atoms with Crippen molar-refractivity contribution < 1.29 is 18.6 Å². The summed E-state index contributed by atoms with van der Waals surface area (Å²) in [6.45, 7) is 0.927. The van der Waals surface area contributed by atoms with Crippen molar-refractivity contribution >= 4 is 6.21 Å². The van der Waals surface area contributed by atoms with Crippen LogP contribution in [0.3, 0.4) is 0 Å². The van der Waals surface area contributed by atoms with E-state index in [4.69, 9.17) is 14.2 Å². The first-order chi connectivity index (χ1) is 14.2. The molecule has 5 nitrogen and oxygen atoms in total. The number of nitrogens with zero attached hydrogens (tertiary/aromatic N) is 1. The van der Waals surface area contributed by atoms with Crippen molar-refractivity contribution in [3.05, 3.63) is 89.2 Å². The van der Waals surface area contributed by atoms with E-state index in [1.54, 1.807) is 32.6 Å². The van der Waals surface area contributed by atoms with Gasteiger partial charge >= 0.3 is 0 Å². The highest BCUT2D eigenvalue weighted by molar-refractivity contribution is 5.79. The van der Waals surface area contributed by atoms with Gasteiger partial charge in [-0.3, -0.25) is 0 Å². The maximum absolute atomic E-state index is 13.0. The molecule has 0 fully saturated rings. The van der Waals surface area contributed by atoms with E-state index in [2.05, 4.69) is 10.5 Å². The van der Waals surface area contributed by atoms with Crippen molar-refractivity contribution in [2.45, 2.75) is 13.2 Å². The summed E-state index contributed by atoms with van der Waals surface area (Å²) < 4.78 is 29.3. The van der Waals surface area contributed by atoms with Crippen molar-refractivity contribution in [2.75, 3.05) is 14.2 Å². The molecule has 0 atom stereocenters. The molecule has 0 saturated carbocycles. The summed E-state index contributed by atoms with van der Waals surface area (Å²) in [5, 5.41) is 4.26. The molecule has 29 heavy (non-hydrogen) atoms. The minimum atomic E-state index is -0.257. The third kappa shape index (κ3) is 5.97. The van der Waals surface area contributed by atoms with Crippen LogP contribution in [0, 0.1) is 5.82 Å². The van der Waals surface area contributed by atoms with Crippen LogP contribution in [-0.2, 0) is 13.2 Å². The van der Waals surface area contributed by atoms with Crippen molar-refractivity contribution in [2.24, 2.45) is 5.10 Å². The normalized spacial score (nSPS) is 10.7. The monoisotopic (exact) mass is 394 g/mol. The molecule has 0 amide bonds. The zero-order valence-electron chi connectivity index (χ0n) is 16.4. The molecule has 0 saturated heterocycles. The molecule has 6 heteroatoms. The number of ether oxygens (including phenoxy) is 3. The second-order valence-corrected chi connectivity index (χ2v) is 6.27. The van der Waals surface area contributed by atoms with Crippen molar-refractivity contribution in [3.8, 4) is 17.2 Å². The van der Waals surface area contributed by atoms with E-state index in [0.717, 1.165) is 22.4 Å². The van der Waals surface area contributed by atoms with Crippen LogP contribution in [-0.4, -0.2) is 20.4 Å². The van der Waals surface area contributed by atoms with E-state index >= 15 is 0 Å². The van der Waals surface area contributed by atoms with Crippen LogP contribution >= 0.6 is 0 Å². The molecule has 0 radical (unpaired) electrons. The number of benzene rings is 3. The zero-order valence-corrected chi connectivity index (χ0v) is 16.4. The maximum Gasteiger partial charge on any atom is 0.161 e. The molecule has 0 aliphatic rings. The molecule has 0 unspecified atom stereocenters. The predicted molar refractivity (Wildman–Crippen MR) is 111 cm³/mol. The van der Waals surface area contributed by atoms with E-state index in [1.165, 1.54) is 12.1 Å². The summed E-state index contributed by atoms with van der Waals surface area (Å²) in [7, 11) is 3.22.